The first-order valence-electron chi connectivity index (χ1n) is 8.62. The molecule has 0 unspecified atom stereocenters. The van der Waals surface area contributed by atoms with Crippen molar-refractivity contribution in [1.29, 1.82) is 0 Å². The highest BCUT2D eigenvalue weighted by Crippen LogP contribution is 2.12. The number of fused-ring (bicyclic) bond motifs is 1. The number of pyridine rings is 1. The fourth-order valence-electron chi connectivity index (χ4n) is 2.83. The van der Waals surface area contributed by atoms with Gasteiger partial charge in [0.05, 0.1) is 0 Å². The van der Waals surface area contributed by atoms with Gasteiger partial charge in [-0.3, -0.25) is 9.39 Å². The summed E-state index contributed by atoms with van der Waals surface area (Å²) in [5.41, 5.74) is 2.13. The topological polar surface area (TPSA) is 57.8 Å². The number of hydrogen-bond acceptors (Lipinski definition) is 3. The second-order valence-electron chi connectivity index (χ2n) is 6.11. The van der Waals surface area contributed by atoms with Gasteiger partial charge >= 0.3 is 0 Å². The van der Waals surface area contributed by atoms with Crippen LogP contribution in [0.4, 0.5) is 0 Å². The lowest BCUT2D eigenvalue weighted by Crippen LogP contribution is -2.39. The number of nitrogens with zero attached hydrogens (tertiary/aromatic N) is 5. The summed E-state index contributed by atoms with van der Waals surface area (Å²) in [6.07, 6.45) is 3.83. The van der Waals surface area contributed by atoms with E-state index in [-0.39, 0.29) is 24.0 Å². The zero-order valence-electron chi connectivity index (χ0n) is 15.5. The van der Waals surface area contributed by atoms with Crippen LogP contribution in [0.1, 0.15) is 17.8 Å². The summed E-state index contributed by atoms with van der Waals surface area (Å²) in [4.78, 5) is 6.50. The van der Waals surface area contributed by atoms with E-state index in [4.69, 9.17) is 0 Å². The smallest absolute Gasteiger partial charge is 0.193 e. The standard InChI is InChI=1S/C19H23BrN6.HI/c1-21-19(25(2)14-15-8-10-16(20)11-9-15)22-12-5-7-18-24-23-17-6-3-4-13-26(17)18;/h3-4,6,8-11,13H,5,7,12,14H2,1-2H3,(H,21,22);1H. The summed E-state index contributed by atoms with van der Waals surface area (Å²) in [7, 11) is 3.86. The summed E-state index contributed by atoms with van der Waals surface area (Å²) in [6, 6.07) is 14.3. The molecule has 0 saturated carbocycles. The molecule has 1 aromatic carbocycles. The molecular formula is C19H24BrIN6. The number of aryl methyl sites for hydroxylation is 1. The van der Waals surface area contributed by atoms with Gasteiger partial charge in [-0.15, -0.1) is 34.2 Å². The molecular weight excluding hydrogens is 519 g/mol. The van der Waals surface area contributed by atoms with Crippen molar-refractivity contribution in [3.63, 3.8) is 0 Å². The average molecular weight is 543 g/mol. The Bertz CT molecular complexity index is 877. The minimum atomic E-state index is 0. The Morgan fingerprint density at radius 2 is 1.96 bits per heavy atom. The van der Waals surface area contributed by atoms with Crippen LogP contribution in [-0.2, 0) is 13.0 Å². The third-order valence-electron chi connectivity index (χ3n) is 4.15. The van der Waals surface area contributed by atoms with Crippen LogP contribution in [0.5, 0.6) is 0 Å². The van der Waals surface area contributed by atoms with Gasteiger partial charge < -0.3 is 10.2 Å². The number of aromatic nitrogens is 3. The van der Waals surface area contributed by atoms with Gasteiger partial charge in [0.15, 0.2) is 11.6 Å². The number of aliphatic imine (C=N–C) groups is 1. The maximum absolute atomic E-state index is 4.38. The van der Waals surface area contributed by atoms with Gasteiger partial charge in [-0.05, 0) is 36.2 Å². The molecule has 0 spiro atoms. The molecule has 3 aromatic rings. The van der Waals surface area contributed by atoms with E-state index < -0.39 is 0 Å². The Kier molecular flexibility index (Phi) is 8.49. The van der Waals surface area contributed by atoms with Crippen molar-refractivity contribution in [1.82, 2.24) is 24.8 Å². The first-order valence-corrected chi connectivity index (χ1v) is 9.41. The third-order valence-corrected chi connectivity index (χ3v) is 4.68. The zero-order chi connectivity index (χ0) is 18.4. The maximum Gasteiger partial charge on any atom is 0.193 e. The minimum Gasteiger partial charge on any atom is -0.356 e. The molecule has 0 radical (unpaired) electrons. The summed E-state index contributed by atoms with van der Waals surface area (Å²) < 4.78 is 3.13. The molecule has 0 fully saturated rings. The van der Waals surface area contributed by atoms with Crippen LogP contribution in [0.15, 0.2) is 58.1 Å². The molecule has 0 aliphatic carbocycles. The van der Waals surface area contributed by atoms with Crippen LogP contribution < -0.4 is 5.32 Å². The Morgan fingerprint density at radius 3 is 2.70 bits per heavy atom. The summed E-state index contributed by atoms with van der Waals surface area (Å²) >= 11 is 3.47. The van der Waals surface area contributed by atoms with Gasteiger partial charge in [0.25, 0.3) is 0 Å². The molecule has 2 aromatic heterocycles. The van der Waals surface area contributed by atoms with Gasteiger partial charge in [0, 0.05) is 44.3 Å². The van der Waals surface area contributed by atoms with E-state index in [1.807, 2.05) is 42.9 Å². The van der Waals surface area contributed by atoms with Crippen LogP contribution >= 0.6 is 39.9 Å². The summed E-state index contributed by atoms with van der Waals surface area (Å²) in [5.74, 6) is 1.87. The fourth-order valence-corrected chi connectivity index (χ4v) is 3.10. The molecule has 2 heterocycles. The van der Waals surface area contributed by atoms with Crippen molar-refractivity contribution >= 4 is 51.5 Å². The molecule has 0 saturated heterocycles. The Balaban J connectivity index is 0.00000261. The molecule has 0 bridgehead atoms. The lowest BCUT2D eigenvalue weighted by Gasteiger charge is -2.22. The van der Waals surface area contributed by atoms with E-state index in [1.54, 1.807) is 0 Å². The predicted octanol–water partition coefficient (Wildman–Crippen LogP) is 3.75. The monoisotopic (exact) mass is 542 g/mol. The van der Waals surface area contributed by atoms with Crippen molar-refractivity contribution in [3.8, 4) is 0 Å². The van der Waals surface area contributed by atoms with E-state index >= 15 is 0 Å². The maximum atomic E-state index is 4.38. The van der Waals surface area contributed by atoms with E-state index in [0.717, 1.165) is 47.8 Å². The molecule has 0 atom stereocenters. The van der Waals surface area contributed by atoms with Crippen molar-refractivity contribution < 1.29 is 0 Å². The Hall–Kier alpha value is -1.68. The number of halogens is 2. The molecule has 3 rings (SSSR count). The van der Waals surface area contributed by atoms with Gasteiger partial charge in [0.2, 0.25) is 0 Å². The number of guanidine groups is 1. The van der Waals surface area contributed by atoms with Crippen LogP contribution in [0.3, 0.4) is 0 Å². The highest BCUT2D eigenvalue weighted by molar-refractivity contribution is 14.0. The van der Waals surface area contributed by atoms with Crippen LogP contribution in [0.25, 0.3) is 5.65 Å². The van der Waals surface area contributed by atoms with E-state index in [9.17, 15) is 0 Å². The highest BCUT2D eigenvalue weighted by Gasteiger charge is 2.08. The summed E-state index contributed by atoms with van der Waals surface area (Å²) in [5, 5.41) is 11.9. The van der Waals surface area contributed by atoms with Crippen LogP contribution in [0, 0.1) is 0 Å². The molecule has 144 valence electrons. The predicted molar refractivity (Wildman–Crippen MR) is 124 cm³/mol. The number of rotatable bonds is 6. The molecule has 27 heavy (non-hydrogen) atoms. The molecule has 8 heteroatoms. The molecule has 0 aliphatic heterocycles. The van der Waals surface area contributed by atoms with Crippen molar-refractivity contribution in [3.05, 3.63) is 64.5 Å². The SMILES string of the molecule is CN=C(NCCCc1nnc2ccccn12)N(C)Cc1ccc(Br)cc1.I. The normalized spacial score (nSPS) is 11.3. The number of hydrogen-bond donors (Lipinski definition) is 1. The first-order chi connectivity index (χ1) is 12.7. The Labute approximate surface area is 185 Å². The largest absolute Gasteiger partial charge is 0.356 e. The van der Waals surface area contributed by atoms with Crippen molar-refractivity contribution in [2.24, 2.45) is 4.99 Å². The van der Waals surface area contributed by atoms with Crippen molar-refractivity contribution in [2.75, 3.05) is 20.6 Å². The lowest BCUT2D eigenvalue weighted by molar-refractivity contribution is 0.475. The molecule has 0 aliphatic rings. The Morgan fingerprint density at radius 1 is 1.19 bits per heavy atom. The van der Waals surface area contributed by atoms with Crippen LogP contribution in [0.2, 0.25) is 0 Å². The quantitative estimate of drug-likeness (QED) is 0.223. The number of nitrogens with one attached hydrogen (secondary N) is 1. The average Bonchev–Trinajstić information content (AvgIpc) is 3.07. The van der Waals surface area contributed by atoms with Gasteiger partial charge in [-0.25, -0.2) is 0 Å². The second kappa shape index (κ2) is 10.6. The van der Waals surface area contributed by atoms with E-state index in [2.05, 4.69) is 65.6 Å². The number of benzene rings is 1. The third kappa shape index (κ3) is 5.90. The highest BCUT2D eigenvalue weighted by atomic mass is 127. The fraction of sp³-hybridized carbons (Fsp3) is 0.316. The second-order valence-corrected chi connectivity index (χ2v) is 7.02. The van der Waals surface area contributed by atoms with Gasteiger partial charge in [0.1, 0.15) is 5.82 Å². The molecule has 1 N–H and O–H groups in total. The zero-order valence-corrected chi connectivity index (χ0v) is 19.4. The van der Waals surface area contributed by atoms with Crippen molar-refractivity contribution in [2.45, 2.75) is 19.4 Å². The first kappa shape index (κ1) is 21.6. The van der Waals surface area contributed by atoms with Gasteiger partial charge in [-0.1, -0.05) is 34.1 Å². The molecule has 0 amide bonds. The van der Waals surface area contributed by atoms with E-state index in [1.165, 1.54) is 5.56 Å². The van der Waals surface area contributed by atoms with E-state index in [0.29, 0.717) is 0 Å². The van der Waals surface area contributed by atoms with Crippen LogP contribution in [-0.4, -0.2) is 46.1 Å². The summed E-state index contributed by atoms with van der Waals surface area (Å²) in [6.45, 7) is 1.64. The molecule has 6 nitrogen and oxygen atoms in total. The minimum absolute atomic E-state index is 0. The van der Waals surface area contributed by atoms with Gasteiger partial charge in [-0.2, -0.15) is 0 Å². The lowest BCUT2D eigenvalue weighted by atomic mass is 10.2.